The molecule has 0 saturated heterocycles. The van der Waals surface area contributed by atoms with Crippen molar-refractivity contribution < 1.29 is 24.5 Å². The van der Waals surface area contributed by atoms with Crippen LogP contribution >= 0.6 is 0 Å². The second-order valence-corrected chi connectivity index (χ2v) is 3.62. The predicted octanol–water partition coefficient (Wildman–Crippen LogP) is 0.644. The Morgan fingerprint density at radius 1 is 1.47 bits per heavy atom. The van der Waals surface area contributed by atoms with Crippen molar-refractivity contribution >= 4 is 5.97 Å². The first-order valence-electron chi connectivity index (χ1n) is 5.85. The van der Waals surface area contributed by atoms with Crippen molar-refractivity contribution in [2.24, 2.45) is 0 Å². The molecule has 0 aromatic carbocycles. The molecule has 0 aromatic heterocycles. The van der Waals surface area contributed by atoms with E-state index in [2.05, 4.69) is 6.58 Å². The first-order valence-corrected chi connectivity index (χ1v) is 5.85. The Labute approximate surface area is 102 Å². The number of carbonyl (C=O) groups excluding carboxylic acids is 1. The zero-order valence-corrected chi connectivity index (χ0v) is 10.3. The van der Waals surface area contributed by atoms with E-state index in [9.17, 15) is 9.90 Å². The van der Waals surface area contributed by atoms with Gasteiger partial charge in [0, 0.05) is 6.08 Å². The van der Waals surface area contributed by atoms with Crippen LogP contribution in [-0.4, -0.2) is 48.2 Å². The highest BCUT2D eigenvalue weighted by Gasteiger charge is 2.17. The molecule has 0 spiro atoms. The molecule has 0 aliphatic carbocycles. The van der Waals surface area contributed by atoms with Gasteiger partial charge >= 0.3 is 5.97 Å². The third-order valence-electron chi connectivity index (χ3n) is 2.31. The Kier molecular flexibility index (Phi) is 9.71. The van der Waals surface area contributed by atoms with Crippen molar-refractivity contribution in [3.63, 3.8) is 0 Å². The lowest BCUT2D eigenvalue weighted by molar-refractivity contribution is -0.138. The molecular weight excluding hydrogens is 224 g/mol. The summed E-state index contributed by atoms with van der Waals surface area (Å²) in [5.41, 5.74) is 0. The van der Waals surface area contributed by atoms with Gasteiger partial charge in [0.1, 0.15) is 0 Å². The van der Waals surface area contributed by atoms with E-state index in [-0.39, 0.29) is 25.9 Å². The molecule has 2 atom stereocenters. The Morgan fingerprint density at radius 2 is 2.18 bits per heavy atom. The maximum atomic E-state index is 10.8. The third kappa shape index (κ3) is 7.90. The summed E-state index contributed by atoms with van der Waals surface area (Å²) in [5.74, 6) is -0.450. The highest BCUT2D eigenvalue weighted by molar-refractivity contribution is 5.81. The SMILES string of the molecule is C=CC(=O)OCCCC(OCCO)C(O)CC. The summed E-state index contributed by atoms with van der Waals surface area (Å²) < 4.78 is 10.1. The fourth-order valence-corrected chi connectivity index (χ4v) is 1.37. The molecule has 17 heavy (non-hydrogen) atoms. The second kappa shape index (κ2) is 10.3. The van der Waals surface area contributed by atoms with E-state index in [0.29, 0.717) is 19.3 Å². The van der Waals surface area contributed by atoms with Crippen molar-refractivity contribution in [2.75, 3.05) is 19.8 Å². The van der Waals surface area contributed by atoms with Gasteiger partial charge in [0.2, 0.25) is 0 Å². The number of esters is 1. The van der Waals surface area contributed by atoms with Gasteiger partial charge in [0.15, 0.2) is 0 Å². The highest BCUT2D eigenvalue weighted by Crippen LogP contribution is 2.10. The number of aliphatic hydroxyl groups is 2. The topological polar surface area (TPSA) is 76.0 Å². The first-order chi connectivity index (χ1) is 8.15. The molecule has 2 unspecified atom stereocenters. The number of ether oxygens (including phenoxy) is 2. The maximum Gasteiger partial charge on any atom is 0.330 e. The summed E-state index contributed by atoms with van der Waals surface area (Å²) in [4.78, 5) is 10.8. The van der Waals surface area contributed by atoms with E-state index in [1.54, 1.807) is 0 Å². The molecule has 0 aliphatic rings. The van der Waals surface area contributed by atoms with Crippen molar-refractivity contribution in [3.05, 3.63) is 12.7 Å². The van der Waals surface area contributed by atoms with E-state index >= 15 is 0 Å². The number of rotatable bonds is 10. The van der Waals surface area contributed by atoms with Gasteiger partial charge in [0.25, 0.3) is 0 Å². The fraction of sp³-hybridized carbons (Fsp3) is 0.750. The number of carbonyl (C=O) groups is 1. The van der Waals surface area contributed by atoms with Crippen LogP contribution in [0.3, 0.4) is 0 Å². The van der Waals surface area contributed by atoms with Crippen molar-refractivity contribution in [3.8, 4) is 0 Å². The molecule has 0 saturated carbocycles. The quantitative estimate of drug-likeness (QED) is 0.336. The zero-order chi connectivity index (χ0) is 13.1. The Hall–Kier alpha value is -0.910. The minimum absolute atomic E-state index is 0.0710. The Bertz CT molecular complexity index is 217. The van der Waals surface area contributed by atoms with Crippen LogP contribution in [0.5, 0.6) is 0 Å². The van der Waals surface area contributed by atoms with Gasteiger partial charge in [0.05, 0.1) is 32.0 Å². The minimum Gasteiger partial charge on any atom is -0.463 e. The van der Waals surface area contributed by atoms with Gasteiger partial charge in [-0.15, -0.1) is 0 Å². The lowest BCUT2D eigenvalue weighted by Gasteiger charge is -2.22. The van der Waals surface area contributed by atoms with Gasteiger partial charge in [-0.1, -0.05) is 13.5 Å². The van der Waals surface area contributed by atoms with Crippen LogP contribution in [0.4, 0.5) is 0 Å². The third-order valence-corrected chi connectivity index (χ3v) is 2.31. The molecule has 0 heterocycles. The summed E-state index contributed by atoms with van der Waals surface area (Å²) >= 11 is 0. The molecular formula is C12H22O5. The molecule has 100 valence electrons. The smallest absolute Gasteiger partial charge is 0.330 e. The minimum atomic E-state index is -0.559. The van der Waals surface area contributed by atoms with Crippen LogP contribution in [-0.2, 0) is 14.3 Å². The van der Waals surface area contributed by atoms with Crippen LogP contribution < -0.4 is 0 Å². The van der Waals surface area contributed by atoms with Crippen LogP contribution in [0.1, 0.15) is 26.2 Å². The molecule has 5 nitrogen and oxygen atoms in total. The monoisotopic (exact) mass is 246 g/mol. The standard InChI is InChI=1S/C12H22O5/c1-3-10(14)11(16-9-7-13)6-5-8-17-12(15)4-2/h4,10-11,13-14H,2-3,5-9H2,1H3. The van der Waals surface area contributed by atoms with Crippen molar-refractivity contribution in [1.29, 1.82) is 0 Å². The second-order valence-electron chi connectivity index (χ2n) is 3.62. The Morgan fingerprint density at radius 3 is 2.71 bits per heavy atom. The molecule has 0 aromatic rings. The van der Waals surface area contributed by atoms with Gasteiger partial charge in [-0.2, -0.15) is 0 Å². The molecule has 0 rings (SSSR count). The van der Waals surface area contributed by atoms with Gasteiger partial charge in [-0.25, -0.2) is 4.79 Å². The van der Waals surface area contributed by atoms with E-state index in [1.165, 1.54) is 0 Å². The van der Waals surface area contributed by atoms with Gasteiger partial charge in [-0.05, 0) is 19.3 Å². The lowest BCUT2D eigenvalue weighted by Crippen LogP contribution is -2.30. The van der Waals surface area contributed by atoms with Crippen LogP contribution in [0.2, 0.25) is 0 Å². The molecule has 0 amide bonds. The Balaban J connectivity index is 3.82. The van der Waals surface area contributed by atoms with Crippen LogP contribution in [0.15, 0.2) is 12.7 Å². The summed E-state index contributed by atoms with van der Waals surface area (Å²) in [6.45, 7) is 5.56. The van der Waals surface area contributed by atoms with Crippen molar-refractivity contribution in [2.45, 2.75) is 38.4 Å². The van der Waals surface area contributed by atoms with E-state index < -0.39 is 12.1 Å². The average molecular weight is 246 g/mol. The molecule has 0 fully saturated rings. The predicted molar refractivity (Wildman–Crippen MR) is 63.5 cm³/mol. The normalized spacial score (nSPS) is 14.1. The zero-order valence-electron chi connectivity index (χ0n) is 10.3. The largest absolute Gasteiger partial charge is 0.463 e. The maximum absolute atomic E-state index is 10.8. The summed E-state index contributed by atoms with van der Waals surface area (Å²) in [6.07, 6.45) is 2.00. The van der Waals surface area contributed by atoms with E-state index in [4.69, 9.17) is 14.6 Å². The highest BCUT2D eigenvalue weighted by atomic mass is 16.5. The average Bonchev–Trinajstić information content (AvgIpc) is 2.36. The van der Waals surface area contributed by atoms with Crippen molar-refractivity contribution in [1.82, 2.24) is 0 Å². The van der Waals surface area contributed by atoms with Gasteiger partial charge < -0.3 is 19.7 Å². The van der Waals surface area contributed by atoms with E-state index in [1.807, 2.05) is 6.92 Å². The fourth-order valence-electron chi connectivity index (χ4n) is 1.37. The molecule has 5 heteroatoms. The summed E-state index contributed by atoms with van der Waals surface area (Å²) in [5, 5.41) is 18.3. The molecule has 0 radical (unpaired) electrons. The summed E-state index contributed by atoms with van der Waals surface area (Å²) in [7, 11) is 0. The number of aliphatic hydroxyl groups excluding tert-OH is 2. The summed E-state index contributed by atoms with van der Waals surface area (Å²) in [6, 6.07) is 0. The lowest BCUT2D eigenvalue weighted by atomic mass is 10.1. The molecule has 2 N–H and O–H groups in total. The number of hydrogen-bond donors (Lipinski definition) is 2. The van der Waals surface area contributed by atoms with E-state index in [0.717, 1.165) is 6.08 Å². The van der Waals surface area contributed by atoms with Crippen LogP contribution in [0.25, 0.3) is 0 Å². The molecule has 0 aliphatic heterocycles. The first kappa shape index (κ1) is 16.1. The van der Waals surface area contributed by atoms with Crippen LogP contribution in [0, 0.1) is 0 Å². The molecule has 0 bridgehead atoms. The number of hydrogen-bond acceptors (Lipinski definition) is 5. The van der Waals surface area contributed by atoms with Gasteiger partial charge in [-0.3, -0.25) is 0 Å².